The molecule has 20 heavy (non-hydrogen) atoms. The van der Waals surface area contributed by atoms with Crippen molar-refractivity contribution in [3.63, 3.8) is 0 Å². The highest BCUT2D eigenvalue weighted by Gasteiger charge is 2.25. The van der Waals surface area contributed by atoms with Crippen LogP contribution in [0.2, 0.25) is 5.02 Å². The van der Waals surface area contributed by atoms with Crippen LogP contribution in [0.15, 0.2) is 29.8 Å². The van der Waals surface area contributed by atoms with E-state index in [1.807, 2.05) is 0 Å². The van der Waals surface area contributed by atoms with Crippen LogP contribution in [0.4, 0.5) is 0 Å². The number of hydrogen-bond acceptors (Lipinski definition) is 4. The molecule has 0 unspecified atom stereocenters. The van der Waals surface area contributed by atoms with Crippen molar-refractivity contribution in [3.05, 3.63) is 40.4 Å². The molecule has 5 nitrogen and oxygen atoms in total. The van der Waals surface area contributed by atoms with Gasteiger partial charge in [0, 0.05) is 5.02 Å². The van der Waals surface area contributed by atoms with Crippen LogP contribution < -0.4 is 0 Å². The summed E-state index contributed by atoms with van der Waals surface area (Å²) in [7, 11) is 0. The van der Waals surface area contributed by atoms with Crippen molar-refractivity contribution in [2.75, 3.05) is 6.61 Å². The molecule has 0 amide bonds. The van der Waals surface area contributed by atoms with Crippen molar-refractivity contribution < 1.29 is 24.2 Å². The van der Waals surface area contributed by atoms with E-state index in [-0.39, 0.29) is 6.61 Å². The van der Waals surface area contributed by atoms with Crippen molar-refractivity contribution in [2.24, 2.45) is 0 Å². The van der Waals surface area contributed by atoms with Gasteiger partial charge in [0.15, 0.2) is 0 Å². The third kappa shape index (κ3) is 4.20. The molecule has 0 atom stereocenters. The fraction of sp³-hybridized carbons (Fsp3) is 0.214. The molecule has 1 rings (SSSR count). The standard InChI is InChI=1S/C14H13ClO5/c1-2-7-20-14(19)10(12(16)13(17)18)8-9-5-3-4-6-11(9)15/h3-6,8H,2,7H2,1H3,(H,17,18). The normalized spacial score (nSPS) is 11.0. The van der Waals surface area contributed by atoms with Crippen LogP contribution in [-0.4, -0.2) is 29.4 Å². The molecule has 0 heterocycles. The Kier molecular flexibility index (Phi) is 5.93. The highest BCUT2D eigenvalue weighted by Crippen LogP contribution is 2.19. The van der Waals surface area contributed by atoms with Crippen LogP contribution in [0.3, 0.4) is 0 Å². The molecule has 0 bridgehead atoms. The smallest absolute Gasteiger partial charge is 0.377 e. The molecule has 0 spiro atoms. The summed E-state index contributed by atoms with van der Waals surface area (Å²) >= 11 is 5.91. The van der Waals surface area contributed by atoms with Crippen molar-refractivity contribution in [2.45, 2.75) is 13.3 Å². The fourth-order valence-corrected chi connectivity index (χ4v) is 1.54. The van der Waals surface area contributed by atoms with Crippen LogP contribution in [0.25, 0.3) is 6.08 Å². The maximum Gasteiger partial charge on any atom is 0.377 e. The molecule has 1 N–H and O–H groups in total. The highest BCUT2D eigenvalue weighted by atomic mass is 35.5. The Bertz CT molecular complexity index is 562. The van der Waals surface area contributed by atoms with Gasteiger partial charge in [-0.1, -0.05) is 36.7 Å². The third-order valence-electron chi connectivity index (χ3n) is 2.30. The lowest BCUT2D eigenvalue weighted by Crippen LogP contribution is -2.23. The van der Waals surface area contributed by atoms with Gasteiger partial charge < -0.3 is 9.84 Å². The largest absolute Gasteiger partial charge is 0.475 e. The number of hydrogen-bond donors (Lipinski definition) is 1. The minimum atomic E-state index is -1.73. The number of halogens is 1. The molecular formula is C14H13ClO5. The van der Waals surface area contributed by atoms with Gasteiger partial charge in [-0.05, 0) is 24.1 Å². The predicted octanol–water partition coefficient (Wildman–Crippen LogP) is 2.33. The lowest BCUT2D eigenvalue weighted by molar-refractivity contribution is -0.150. The molecule has 0 fully saturated rings. The van der Waals surface area contributed by atoms with Crippen LogP contribution in [0.1, 0.15) is 18.9 Å². The third-order valence-corrected chi connectivity index (χ3v) is 2.65. The first-order valence-corrected chi connectivity index (χ1v) is 6.26. The number of carbonyl (C=O) groups is 3. The van der Waals surface area contributed by atoms with E-state index < -0.39 is 23.3 Å². The van der Waals surface area contributed by atoms with E-state index >= 15 is 0 Å². The van der Waals surface area contributed by atoms with Crippen LogP contribution >= 0.6 is 11.6 Å². The summed E-state index contributed by atoms with van der Waals surface area (Å²) in [6.45, 7) is 1.88. The number of rotatable bonds is 6. The zero-order chi connectivity index (χ0) is 15.1. The number of ether oxygens (including phenoxy) is 1. The minimum absolute atomic E-state index is 0.103. The summed E-state index contributed by atoms with van der Waals surface area (Å²) in [6.07, 6.45) is 1.68. The molecule has 0 saturated heterocycles. The molecule has 0 radical (unpaired) electrons. The second-order valence-corrected chi connectivity index (χ2v) is 4.26. The molecule has 0 saturated carbocycles. The molecule has 0 aliphatic carbocycles. The van der Waals surface area contributed by atoms with Gasteiger partial charge in [-0.15, -0.1) is 0 Å². The Hall–Kier alpha value is -2.14. The van der Waals surface area contributed by atoms with Crippen molar-refractivity contribution >= 4 is 35.4 Å². The number of esters is 1. The number of ketones is 1. The summed E-state index contributed by atoms with van der Waals surface area (Å²) in [5.41, 5.74) is -0.189. The maximum atomic E-state index is 11.7. The maximum absolute atomic E-state index is 11.7. The molecule has 106 valence electrons. The first-order valence-electron chi connectivity index (χ1n) is 5.88. The van der Waals surface area contributed by atoms with Gasteiger partial charge in [0.25, 0.3) is 5.78 Å². The zero-order valence-electron chi connectivity index (χ0n) is 10.8. The lowest BCUT2D eigenvalue weighted by Gasteiger charge is -2.05. The summed E-state index contributed by atoms with van der Waals surface area (Å²) in [4.78, 5) is 34.1. The quantitative estimate of drug-likeness (QED) is 0.286. The molecule has 0 aromatic heterocycles. The van der Waals surface area contributed by atoms with Gasteiger partial charge in [0.05, 0.1) is 6.61 Å². The van der Waals surface area contributed by atoms with Gasteiger partial charge in [-0.25, -0.2) is 9.59 Å². The van der Waals surface area contributed by atoms with Crippen molar-refractivity contribution in [3.8, 4) is 0 Å². The predicted molar refractivity (Wildman–Crippen MR) is 73.3 cm³/mol. The first-order chi connectivity index (χ1) is 9.47. The first kappa shape index (κ1) is 15.9. The van der Waals surface area contributed by atoms with E-state index in [0.29, 0.717) is 17.0 Å². The van der Waals surface area contributed by atoms with E-state index in [9.17, 15) is 14.4 Å². The molecule has 6 heteroatoms. The van der Waals surface area contributed by atoms with E-state index in [0.717, 1.165) is 6.08 Å². The van der Waals surface area contributed by atoms with Gasteiger partial charge in [0.1, 0.15) is 5.57 Å². The summed E-state index contributed by atoms with van der Waals surface area (Å²) in [6, 6.07) is 6.45. The Morgan fingerprint density at radius 1 is 1.30 bits per heavy atom. The number of Topliss-reactive ketones (excluding diaryl/α,β-unsaturated/α-hetero) is 1. The topological polar surface area (TPSA) is 80.7 Å². The average molecular weight is 297 g/mol. The summed E-state index contributed by atoms with van der Waals surface area (Å²) in [5, 5.41) is 9.04. The Labute approximate surface area is 120 Å². The highest BCUT2D eigenvalue weighted by molar-refractivity contribution is 6.47. The Morgan fingerprint density at radius 3 is 2.50 bits per heavy atom. The fourth-order valence-electron chi connectivity index (χ4n) is 1.35. The van der Waals surface area contributed by atoms with Gasteiger partial charge in [-0.2, -0.15) is 0 Å². The number of aliphatic carboxylic acids is 1. The van der Waals surface area contributed by atoms with Gasteiger partial charge in [-0.3, -0.25) is 4.79 Å². The molecule has 1 aromatic carbocycles. The second kappa shape index (κ2) is 7.45. The monoisotopic (exact) mass is 296 g/mol. The Balaban J connectivity index is 3.17. The van der Waals surface area contributed by atoms with Gasteiger partial charge in [0.2, 0.25) is 0 Å². The summed E-state index contributed by atoms with van der Waals surface area (Å²) < 4.78 is 4.80. The average Bonchev–Trinajstić information content (AvgIpc) is 2.43. The van der Waals surface area contributed by atoms with Crippen LogP contribution in [-0.2, 0) is 19.1 Å². The lowest BCUT2D eigenvalue weighted by atomic mass is 10.1. The second-order valence-electron chi connectivity index (χ2n) is 3.85. The van der Waals surface area contributed by atoms with E-state index in [4.69, 9.17) is 21.4 Å². The van der Waals surface area contributed by atoms with E-state index in [2.05, 4.69) is 0 Å². The zero-order valence-corrected chi connectivity index (χ0v) is 11.5. The number of benzene rings is 1. The van der Waals surface area contributed by atoms with Crippen LogP contribution in [0.5, 0.6) is 0 Å². The number of carboxylic acid groups (broad SMARTS) is 1. The molecular weight excluding hydrogens is 284 g/mol. The van der Waals surface area contributed by atoms with E-state index in [1.54, 1.807) is 31.2 Å². The molecule has 0 aliphatic heterocycles. The van der Waals surface area contributed by atoms with Crippen LogP contribution in [0, 0.1) is 0 Å². The van der Waals surface area contributed by atoms with E-state index in [1.165, 1.54) is 0 Å². The minimum Gasteiger partial charge on any atom is -0.475 e. The number of carboxylic acids is 1. The molecule has 1 aromatic rings. The number of carbonyl (C=O) groups excluding carboxylic acids is 2. The van der Waals surface area contributed by atoms with Crippen molar-refractivity contribution in [1.29, 1.82) is 0 Å². The van der Waals surface area contributed by atoms with Crippen molar-refractivity contribution in [1.82, 2.24) is 0 Å². The Morgan fingerprint density at radius 2 is 1.95 bits per heavy atom. The summed E-state index contributed by atoms with van der Waals surface area (Å²) in [5.74, 6) is -4.03. The SMILES string of the molecule is CCCOC(=O)C(=Cc1ccccc1Cl)C(=O)C(=O)O. The van der Waals surface area contributed by atoms with Gasteiger partial charge >= 0.3 is 11.9 Å². The molecule has 0 aliphatic rings.